The molecule has 1 amide bonds. The molecule has 0 saturated carbocycles. The van der Waals surface area contributed by atoms with Gasteiger partial charge in [-0.25, -0.2) is 0 Å². The molecule has 0 bridgehead atoms. The molecule has 0 aliphatic heterocycles. The summed E-state index contributed by atoms with van der Waals surface area (Å²) in [7, 11) is 0. The van der Waals surface area contributed by atoms with Gasteiger partial charge in [0, 0.05) is 12.6 Å². The predicted molar refractivity (Wildman–Crippen MR) is 70.4 cm³/mol. The number of hydrogen-bond acceptors (Lipinski definition) is 5. The third-order valence-corrected chi connectivity index (χ3v) is 2.33. The van der Waals surface area contributed by atoms with E-state index in [1.807, 2.05) is 13.8 Å². The number of hydrogen-bond donors (Lipinski definition) is 2. The van der Waals surface area contributed by atoms with Crippen LogP contribution in [-0.4, -0.2) is 46.7 Å². The Balaban J connectivity index is 2.78. The van der Waals surface area contributed by atoms with E-state index in [1.165, 1.54) is 11.0 Å². The number of nitrogen functional groups attached to an aromatic ring is 1. The third-order valence-electron chi connectivity index (χ3n) is 2.33. The highest BCUT2D eigenvalue weighted by atomic mass is 16.5. The number of aromatic amines is 1. The summed E-state index contributed by atoms with van der Waals surface area (Å²) in [5.41, 5.74) is 5.73. The van der Waals surface area contributed by atoms with E-state index in [0.717, 1.165) is 0 Å². The second kappa shape index (κ2) is 6.77. The molecule has 1 aromatic heterocycles. The number of nitrogens with two attached hydrogens (primary N) is 1. The lowest BCUT2D eigenvalue weighted by molar-refractivity contribution is -0.143. The number of carbonyl (C=O) groups excluding carboxylic acids is 2. The smallest absolute Gasteiger partial charge is 0.325 e. The maximum absolute atomic E-state index is 12.2. The second-order valence-electron chi connectivity index (χ2n) is 4.59. The number of anilines is 1. The van der Waals surface area contributed by atoms with Crippen molar-refractivity contribution >= 4 is 17.7 Å². The number of H-pyrrole nitrogens is 1. The number of rotatable bonds is 6. The first-order valence-electron chi connectivity index (χ1n) is 6.19. The summed E-state index contributed by atoms with van der Waals surface area (Å²) in [5, 5.41) is 6.25. The molecule has 0 aromatic carbocycles. The van der Waals surface area contributed by atoms with E-state index in [2.05, 4.69) is 10.2 Å². The van der Waals surface area contributed by atoms with Crippen LogP contribution < -0.4 is 5.73 Å². The maximum Gasteiger partial charge on any atom is 0.325 e. The van der Waals surface area contributed by atoms with Crippen molar-refractivity contribution in [3.05, 3.63) is 11.8 Å². The Hall–Kier alpha value is -2.05. The van der Waals surface area contributed by atoms with Gasteiger partial charge in [-0.05, 0) is 12.8 Å². The van der Waals surface area contributed by atoms with Crippen LogP contribution in [-0.2, 0) is 9.53 Å². The lowest BCUT2D eigenvalue weighted by atomic mass is 10.2. The monoisotopic (exact) mass is 268 g/mol. The van der Waals surface area contributed by atoms with Crippen molar-refractivity contribution in [2.45, 2.75) is 20.8 Å². The molecule has 3 N–H and O–H groups in total. The number of nitrogens with one attached hydrogen (secondary N) is 1. The first kappa shape index (κ1) is 15.0. The zero-order valence-corrected chi connectivity index (χ0v) is 11.5. The second-order valence-corrected chi connectivity index (χ2v) is 4.59. The van der Waals surface area contributed by atoms with E-state index < -0.39 is 5.97 Å². The van der Waals surface area contributed by atoms with Gasteiger partial charge >= 0.3 is 5.97 Å². The topological polar surface area (TPSA) is 101 Å². The van der Waals surface area contributed by atoms with Crippen molar-refractivity contribution in [2.24, 2.45) is 5.92 Å². The van der Waals surface area contributed by atoms with Crippen LogP contribution in [0.5, 0.6) is 0 Å². The Morgan fingerprint density at radius 1 is 1.53 bits per heavy atom. The van der Waals surface area contributed by atoms with Gasteiger partial charge in [-0.15, -0.1) is 0 Å². The Morgan fingerprint density at radius 2 is 2.21 bits per heavy atom. The minimum Gasteiger partial charge on any atom is -0.465 e. The fourth-order valence-corrected chi connectivity index (χ4v) is 1.64. The highest BCUT2D eigenvalue weighted by Gasteiger charge is 2.21. The normalized spacial score (nSPS) is 10.5. The average Bonchev–Trinajstić information content (AvgIpc) is 2.73. The molecule has 0 saturated heterocycles. The SMILES string of the molecule is CCOC(=O)CN(CC(C)C)C(=O)c1cc(N)n[nH]1. The van der Waals surface area contributed by atoms with E-state index in [-0.39, 0.29) is 29.9 Å². The molecule has 0 unspecified atom stereocenters. The van der Waals surface area contributed by atoms with Gasteiger partial charge < -0.3 is 15.4 Å². The van der Waals surface area contributed by atoms with Gasteiger partial charge in [0.1, 0.15) is 18.1 Å². The van der Waals surface area contributed by atoms with E-state index >= 15 is 0 Å². The Bertz CT molecular complexity index is 442. The quantitative estimate of drug-likeness (QED) is 0.738. The largest absolute Gasteiger partial charge is 0.465 e. The number of amides is 1. The standard InChI is InChI=1S/C12H20N4O3/c1-4-19-11(17)7-16(6-8(2)3)12(18)9-5-10(13)15-14-9/h5,8H,4,6-7H2,1-3H3,(H3,13,14,15). The van der Waals surface area contributed by atoms with Gasteiger partial charge in [-0.3, -0.25) is 14.7 Å². The van der Waals surface area contributed by atoms with Crippen molar-refractivity contribution in [1.82, 2.24) is 15.1 Å². The lowest BCUT2D eigenvalue weighted by Gasteiger charge is -2.22. The van der Waals surface area contributed by atoms with Crippen molar-refractivity contribution in [3.8, 4) is 0 Å². The van der Waals surface area contributed by atoms with Crippen LogP contribution in [0.4, 0.5) is 5.82 Å². The lowest BCUT2D eigenvalue weighted by Crippen LogP contribution is -2.39. The zero-order valence-electron chi connectivity index (χ0n) is 11.5. The summed E-state index contributed by atoms with van der Waals surface area (Å²) in [6.45, 7) is 6.32. The molecule has 106 valence electrons. The molecule has 0 aliphatic carbocycles. The molecule has 19 heavy (non-hydrogen) atoms. The van der Waals surface area contributed by atoms with Crippen molar-refractivity contribution in [1.29, 1.82) is 0 Å². The fourth-order valence-electron chi connectivity index (χ4n) is 1.64. The molecule has 7 heteroatoms. The first-order valence-corrected chi connectivity index (χ1v) is 6.19. The minimum atomic E-state index is -0.427. The van der Waals surface area contributed by atoms with Gasteiger partial charge in [0.05, 0.1) is 6.61 Å². The van der Waals surface area contributed by atoms with E-state index in [1.54, 1.807) is 6.92 Å². The van der Waals surface area contributed by atoms with Crippen molar-refractivity contribution in [3.63, 3.8) is 0 Å². The summed E-state index contributed by atoms with van der Waals surface area (Å²) in [6.07, 6.45) is 0. The first-order chi connectivity index (χ1) is 8.93. The summed E-state index contributed by atoms with van der Waals surface area (Å²) in [6, 6.07) is 1.45. The Labute approximate surface area is 112 Å². The van der Waals surface area contributed by atoms with E-state index in [4.69, 9.17) is 10.5 Å². The van der Waals surface area contributed by atoms with E-state index in [9.17, 15) is 9.59 Å². The molecule has 1 heterocycles. The number of aromatic nitrogens is 2. The molecular weight excluding hydrogens is 248 g/mol. The van der Waals surface area contributed by atoms with Crippen LogP contribution in [0.2, 0.25) is 0 Å². The minimum absolute atomic E-state index is 0.0796. The number of ether oxygens (including phenoxy) is 1. The van der Waals surface area contributed by atoms with Crippen LogP contribution in [0.25, 0.3) is 0 Å². The molecule has 1 rings (SSSR count). The maximum atomic E-state index is 12.2. The Kier molecular flexibility index (Phi) is 5.35. The van der Waals surface area contributed by atoms with Gasteiger partial charge in [-0.1, -0.05) is 13.8 Å². The number of nitrogens with zero attached hydrogens (tertiary/aromatic N) is 2. The number of esters is 1. The molecule has 0 radical (unpaired) electrons. The fraction of sp³-hybridized carbons (Fsp3) is 0.583. The van der Waals surface area contributed by atoms with Gasteiger partial charge in [0.15, 0.2) is 0 Å². The van der Waals surface area contributed by atoms with Gasteiger partial charge in [-0.2, -0.15) is 5.10 Å². The number of carbonyl (C=O) groups is 2. The highest BCUT2D eigenvalue weighted by molar-refractivity contribution is 5.94. The third kappa shape index (κ3) is 4.61. The van der Waals surface area contributed by atoms with Crippen LogP contribution in [0.1, 0.15) is 31.3 Å². The molecule has 1 aromatic rings. The zero-order chi connectivity index (χ0) is 14.4. The van der Waals surface area contributed by atoms with Crippen LogP contribution in [0.15, 0.2) is 6.07 Å². The predicted octanol–water partition coefficient (Wildman–Crippen LogP) is 0.653. The molecule has 0 atom stereocenters. The van der Waals surface area contributed by atoms with Crippen molar-refractivity contribution < 1.29 is 14.3 Å². The molecular formula is C12H20N4O3. The summed E-state index contributed by atoms with van der Waals surface area (Å²) in [4.78, 5) is 25.2. The van der Waals surface area contributed by atoms with Gasteiger partial charge in [0.2, 0.25) is 0 Å². The summed E-state index contributed by atoms with van der Waals surface area (Å²) in [5.74, 6) is -0.266. The summed E-state index contributed by atoms with van der Waals surface area (Å²) < 4.78 is 4.86. The van der Waals surface area contributed by atoms with Gasteiger partial charge in [0.25, 0.3) is 5.91 Å². The van der Waals surface area contributed by atoms with Crippen LogP contribution in [0, 0.1) is 5.92 Å². The van der Waals surface area contributed by atoms with E-state index in [0.29, 0.717) is 13.2 Å². The average molecular weight is 268 g/mol. The molecule has 0 spiro atoms. The highest BCUT2D eigenvalue weighted by Crippen LogP contribution is 2.08. The van der Waals surface area contributed by atoms with Crippen LogP contribution in [0.3, 0.4) is 0 Å². The Morgan fingerprint density at radius 3 is 2.68 bits per heavy atom. The summed E-state index contributed by atoms with van der Waals surface area (Å²) >= 11 is 0. The molecule has 7 nitrogen and oxygen atoms in total. The molecule has 0 aliphatic rings. The van der Waals surface area contributed by atoms with Crippen LogP contribution >= 0.6 is 0 Å². The van der Waals surface area contributed by atoms with Crippen molar-refractivity contribution in [2.75, 3.05) is 25.4 Å². The molecule has 0 fully saturated rings.